The lowest BCUT2D eigenvalue weighted by atomic mass is 10.1. The van der Waals surface area contributed by atoms with E-state index in [1.807, 2.05) is 29.9 Å². The summed E-state index contributed by atoms with van der Waals surface area (Å²) in [5.41, 5.74) is 4.54. The normalized spacial score (nSPS) is 10.9. The van der Waals surface area contributed by atoms with Crippen molar-refractivity contribution in [3.8, 4) is 16.3 Å². The van der Waals surface area contributed by atoms with Crippen molar-refractivity contribution in [2.75, 3.05) is 12.4 Å². The quantitative estimate of drug-likeness (QED) is 0.432. The topological polar surface area (TPSA) is 52.0 Å². The van der Waals surface area contributed by atoms with Crippen LogP contribution in [0.4, 0.5) is 5.13 Å². The number of ether oxygens (including phenoxy) is 1. The molecule has 0 bridgehead atoms. The van der Waals surface area contributed by atoms with Crippen molar-refractivity contribution in [3.05, 3.63) is 70.2 Å². The molecule has 0 radical (unpaired) electrons. The zero-order valence-corrected chi connectivity index (χ0v) is 17.5. The van der Waals surface area contributed by atoms with E-state index in [-0.39, 0.29) is 0 Å². The SMILES string of the molecule is COc1ccc(CCn2ccc(-c3sc(NCc4ccsc4)nc3C)n2)cc1. The smallest absolute Gasteiger partial charge is 0.183 e. The summed E-state index contributed by atoms with van der Waals surface area (Å²) in [6.45, 7) is 3.68. The van der Waals surface area contributed by atoms with Gasteiger partial charge in [0.15, 0.2) is 5.13 Å². The molecule has 0 aliphatic carbocycles. The molecule has 0 fully saturated rings. The van der Waals surface area contributed by atoms with E-state index < -0.39 is 0 Å². The van der Waals surface area contributed by atoms with Gasteiger partial charge in [-0.25, -0.2) is 4.98 Å². The van der Waals surface area contributed by atoms with Crippen molar-refractivity contribution in [2.24, 2.45) is 0 Å². The third-order valence-corrected chi connectivity index (χ3v) is 6.35. The summed E-state index contributed by atoms with van der Waals surface area (Å²) >= 11 is 3.37. The van der Waals surface area contributed by atoms with Crippen molar-refractivity contribution >= 4 is 27.8 Å². The highest BCUT2D eigenvalue weighted by atomic mass is 32.1. The first-order chi connectivity index (χ1) is 13.7. The number of thiazole rings is 1. The largest absolute Gasteiger partial charge is 0.497 e. The van der Waals surface area contributed by atoms with E-state index in [4.69, 9.17) is 9.84 Å². The number of anilines is 1. The Kier molecular flexibility index (Phi) is 5.73. The first kappa shape index (κ1) is 18.7. The number of methoxy groups -OCH3 is 1. The molecule has 0 amide bonds. The fourth-order valence-corrected chi connectivity index (χ4v) is 4.52. The Morgan fingerprint density at radius 1 is 1.11 bits per heavy atom. The van der Waals surface area contributed by atoms with E-state index in [0.717, 1.165) is 46.7 Å². The van der Waals surface area contributed by atoms with Gasteiger partial charge in [0.2, 0.25) is 0 Å². The number of hydrogen-bond donors (Lipinski definition) is 1. The van der Waals surface area contributed by atoms with Crippen LogP contribution in [-0.4, -0.2) is 21.9 Å². The molecule has 0 aliphatic heterocycles. The van der Waals surface area contributed by atoms with Gasteiger partial charge in [0, 0.05) is 19.3 Å². The number of benzene rings is 1. The zero-order valence-electron chi connectivity index (χ0n) is 15.9. The van der Waals surface area contributed by atoms with Crippen LogP contribution in [0.5, 0.6) is 5.75 Å². The van der Waals surface area contributed by atoms with Crippen LogP contribution in [0.15, 0.2) is 53.4 Å². The van der Waals surface area contributed by atoms with Crippen LogP contribution in [0.1, 0.15) is 16.8 Å². The van der Waals surface area contributed by atoms with Crippen LogP contribution < -0.4 is 10.1 Å². The highest BCUT2D eigenvalue weighted by Gasteiger charge is 2.12. The minimum Gasteiger partial charge on any atom is -0.497 e. The fourth-order valence-electron chi connectivity index (χ4n) is 2.92. The van der Waals surface area contributed by atoms with Gasteiger partial charge in [-0.05, 0) is 59.5 Å². The summed E-state index contributed by atoms with van der Waals surface area (Å²) in [6, 6.07) is 12.4. The summed E-state index contributed by atoms with van der Waals surface area (Å²) in [5.74, 6) is 0.884. The van der Waals surface area contributed by atoms with Crippen LogP contribution >= 0.6 is 22.7 Å². The summed E-state index contributed by atoms with van der Waals surface area (Å²) < 4.78 is 7.21. The maximum absolute atomic E-state index is 5.21. The Balaban J connectivity index is 1.39. The number of nitrogens with zero attached hydrogens (tertiary/aromatic N) is 3. The standard InChI is InChI=1S/C21H22N4OS2/c1-15-20(28-21(23-15)22-13-17-9-12-27-14-17)19-8-11-25(24-19)10-7-16-3-5-18(26-2)6-4-16/h3-6,8-9,11-12,14H,7,10,13H2,1-2H3,(H,22,23). The minimum absolute atomic E-state index is 0.798. The number of nitrogens with one attached hydrogen (secondary N) is 1. The van der Waals surface area contributed by atoms with Crippen LogP contribution in [0.3, 0.4) is 0 Å². The average Bonchev–Trinajstić information content (AvgIpc) is 3.46. The van der Waals surface area contributed by atoms with Crippen molar-refractivity contribution in [2.45, 2.75) is 26.4 Å². The highest BCUT2D eigenvalue weighted by Crippen LogP contribution is 2.31. The summed E-state index contributed by atoms with van der Waals surface area (Å²) in [5, 5.41) is 13.3. The number of thiophene rings is 1. The van der Waals surface area contributed by atoms with E-state index >= 15 is 0 Å². The summed E-state index contributed by atoms with van der Waals surface area (Å²) in [4.78, 5) is 5.78. The Hall–Kier alpha value is -2.64. The molecular formula is C21H22N4OS2. The highest BCUT2D eigenvalue weighted by molar-refractivity contribution is 7.19. The molecule has 0 spiro atoms. The van der Waals surface area contributed by atoms with E-state index in [9.17, 15) is 0 Å². The van der Waals surface area contributed by atoms with E-state index in [1.54, 1.807) is 29.8 Å². The second-order valence-electron chi connectivity index (χ2n) is 6.48. The summed E-state index contributed by atoms with van der Waals surface area (Å²) in [7, 11) is 1.69. The molecule has 0 aliphatic rings. The molecule has 1 N–H and O–H groups in total. The molecule has 3 heterocycles. The molecule has 4 rings (SSSR count). The van der Waals surface area contributed by atoms with E-state index in [0.29, 0.717) is 0 Å². The molecule has 7 heteroatoms. The van der Waals surface area contributed by atoms with Crippen molar-refractivity contribution in [3.63, 3.8) is 0 Å². The third kappa shape index (κ3) is 4.43. The Morgan fingerprint density at radius 2 is 1.96 bits per heavy atom. The molecule has 1 aromatic carbocycles. The van der Waals surface area contributed by atoms with Crippen LogP contribution in [0, 0.1) is 6.92 Å². The van der Waals surface area contributed by atoms with Gasteiger partial charge in [0.25, 0.3) is 0 Å². The van der Waals surface area contributed by atoms with Crippen LogP contribution in [0.2, 0.25) is 0 Å². The number of hydrogen-bond acceptors (Lipinski definition) is 6. The van der Waals surface area contributed by atoms with Crippen molar-refractivity contribution < 1.29 is 4.74 Å². The first-order valence-corrected chi connectivity index (χ1v) is 10.9. The van der Waals surface area contributed by atoms with Gasteiger partial charge in [0.05, 0.1) is 17.7 Å². The lowest BCUT2D eigenvalue weighted by molar-refractivity contribution is 0.414. The van der Waals surface area contributed by atoms with Gasteiger partial charge in [-0.2, -0.15) is 16.4 Å². The molecule has 4 aromatic rings. The Bertz CT molecular complexity index is 1020. The average molecular weight is 411 g/mol. The van der Waals surface area contributed by atoms with Gasteiger partial charge >= 0.3 is 0 Å². The lowest BCUT2D eigenvalue weighted by Gasteiger charge is -2.04. The molecule has 5 nitrogen and oxygen atoms in total. The summed E-state index contributed by atoms with van der Waals surface area (Å²) in [6.07, 6.45) is 2.97. The molecule has 0 unspecified atom stereocenters. The fraction of sp³-hybridized carbons (Fsp3) is 0.238. The van der Waals surface area contributed by atoms with E-state index in [1.165, 1.54) is 11.1 Å². The maximum atomic E-state index is 5.21. The molecule has 0 saturated carbocycles. The third-order valence-electron chi connectivity index (χ3n) is 4.48. The van der Waals surface area contributed by atoms with Gasteiger partial charge in [-0.1, -0.05) is 23.5 Å². The number of aryl methyl sites for hydroxylation is 3. The first-order valence-electron chi connectivity index (χ1n) is 9.10. The minimum atomic E-state index is 0.798. The van der Waals surface area contributed by atoms with Crippen molar-refractivity contribution in [1.29, 1.82) is 0 Å². The number of rotatable bonds is 8. The molecule has 144 valence electrons. The number of aromatic nitrogens is 3. The van der Waals surface area contributed by atoms with Gasteiger partial charge < -0.3 is 10.1 Å². The molecule has 3 aromatic heterocycles. The van der Waals surface area contributed by atoms with Gasteiger partial charge in [-0.15, -0.1) is 0 Å². The van der Waals surface area contributed by atoms with E-state index in [2.05, 4.69) is 45.3 Å². The van der Waals surface area contributed by atoms with Crippen LogP contribution in [-0.2, 0) is 19.5 Å². The predicted octanol–water partition coefficient (Wildman–Crippen LogP) is 5.24. The zero-order chi connectivity index (χ0) is 19.3. The molecule has 0 atom stereocenters. The second kappa shape index (κ2) is 8.58. The molecule has 0 saturated heterocycles. The predicted molar refractivity (Wildman–Crippen MR) is 116 cm³/mol. The molecule has 28 heavy (non-hydrogen) atoms. The Morgan fingerprint density at radius 3 is 2.71 bits per heavy atom. The lowest BCUT2D eigenvalue weighted by Crippen LogP contribution is -2.02. The molecular weight excluding hydrogens is 388 g/mol. The second-order valence-corrected chi connectivity index (χ2v) is 8.26. The van der Waals surface area contributed by atoms with Crippen molar-refractivity contribution in [1.82, 2.24) is 14.8 Å². The monoisotopic (exact) mass is 410 g/mol. The van der Waals surface area contributed by atoms with Gasteiger partial charge in [0.1, 0.15) is 11.4 Å². The van der Waals surface area contributed by atoms with Crippen LogP contribution in [0.25, 0.3) is 10.6 Å². The maximum Gasteiger partial charge on any atom is 0.183 e. The van der Waals surface area contributed by atoms with Gasteiger partial charge in [-0.3, -0.25) is 4.68 Å². The Labute approximate surface area is 172 Å².